The first-order chi connectivity index (χ1) is 12.6. The fourth-order valence-corrected chi connectivity index (χ4v) is 4.14. The summed E-state index contributed by atoms with van der Waals surface area (Å²) in [4.78, 5) is 14.5. The van der Waals surface area contributed by atoms with E-state index in [4.69, 9.17) is 0 Å². The Kier molecular flexibility index (Phi) is 7.06. The molecule has 150 valence electrons. The van der Waals surface area contributed by atoms with Gasteiger partial charge in [0.15, 0.2) is 0 Å². The largest absolute Gasteiger partial charge is 0.333 e. The Labute approximate surface area is 163 Å². The third kappa shape index (κ3) is 5.81. The summed E-state index contributed by atoms with van der Waals surface area (Å²) in [5, 5.41) is 3.86. The van der Waals surface area contributed by atoms with Crippen molar-refractivity contribution in [2.24, 2.45) is 0 Å². The molecule has 1 unspecified atom stereocenters. The van der Waals surface area contributed by atoms with E-state index in [1.165, 1.54) is 0 Å². The summed E-state index contributed by atoms with van der Waals surface area (Å²) in [7, 11) is -1.88. The molecule has 1 fully saturated rings. The van der Waals surface area contributed by atoms with E-state index in [-0.39, 0.29) is 17.9 Å². The van der Waals surface area contributed by atoms with Crippen LogP contribution in [0.25, 0.3) is 0 Å². The van der Waals surface area contributed by atoms with E-state index >= 15 is 0 Å². The fraction of sp³-hybridized carbons (Fsp3) is 0.550. The molecule has 1 aliphatic heterocycles. The highest BCUT2D eigenvalue weighted by Gasteiger charge is 2.21. The van der Waals surface area contributed by atoms with Crippen LogP contribution >= 0.6 is 0 Å². The Bertz CT molecular complexity index is 774. The molecule has 0 radical (unpaired) electrons. The summed E-state index contributed by atoms with van der Waals surface area (Å²) < 4.78 is 26.6. The smallest absolute Gasteiger partial charge is 0.307 e. The lowest BCUT2D eigenvalue weighted by Crippen LogP contribution is -2.34. The normalized spacial score (nSPS) is 18.6. The van der Waals surface area contributed by atoms with E-state index in [2.05, 4.69) is 14.9 Å². The molecule has 6 nitrogen and oxygen atoms in total. The van der Waals surface area contributed by atoms with Gasteiger partial charge in [-0.05, 0) is 49.4 Å². The number of likely N-dealkylation sites (tertiary alicyclic amines) is 1. The van der Waals surface area contributed by atoms with E-state index in [1.54, 1.807) is 6.08 Å². The van der Waals surface area contributed by atoms with Crippen molar-refractivity contribution in [3.8, 4) is 0 Å². The minimum atomic E-state index is -3.85. The molecule has 1 aromatic rings. The number of rotatable bonds is 6. The number of para-hydroxylation sites is 1. The number of nitrogens with zero attached hydrogens (tertiary/aromatic N) is 1. The number of carbonyl (C=O) groups excluding carboxylic acids is 1. The van der Waals surface area contributed by atoms with Crippen molar-refractivity contribution >= 4 is 21.7 Å². The fourth-order valence-electron chi connectivity index (χ4n) is 3.37. The molecule has 0 bridgehead atoms. The highest BCUT2D eigenvalue weighted by atomic mass is 32.2. The molecule has 2 rings (SSSR count). The van der Waals surface area contributed by atoms with E-state index in [0.717, 1.165) is 35.9 Å². The molecular formula is C20H31N3O3S. The summed E-state index contributed by atoms with van der Waals surface area (Å²) in [5.41, 5.74) is 2.66. The molecule has 0 aromatic heterocycles. The van der Waals surface area contributed by atoms with Gasteiger partial charge in [0.1, 0.15) is 0 Å². The average molecular weight is 394 g/mol. The molecule has 7 heteroatoms. The second-order valence-corrected chi connectivity index (χ2v) is 9.31. The first kappa shape index (κ1) is 21.4. The second kappa shape index (κ2) is 8.89. The molecule has 1 heterocycles. The topological polar surface area (TPSA) is 78.5 Å². The molecule has 1 atom stereocenters. The van der Waals surface area contributed by atoms with Gasteiger partial charge in [0.2, 0.25) is 0 Å². The average Bonchev–Trinajstić information content (AvgIpc) is 2.97. The molecular weight excluding hydrogens is 362 g/mol. The number of hydrogen-bond donors (Lipinski definition) is 2. The van der Waals surface area contributed by atoms with Crippen LogP contribution in [0.2, 0.25) is 0 Å². The predicted octanol–water partition coefficient (Wildman–Crippen LogP) is 3.99. The van der Waals surface area contributed by atoms with Crippen LogP contribution in [-0.2, 0) is 10.0 Å². The van der Waals surface area contributed by atoms with Crippen LogP contribution in [0.3, 0.4) is 0 Å². The molecule has 0 aliphatic carbocycles. The summed E-state index contributed by atoms with van der Waals surface area (Å²) in [6.07, 6.45) is 3.61. The van der Waals surface area contributed by atoms with Gasteiger partial charge >= 0.3 is 6.03 Å². The lowest BCUT2D eigenvalue weighted by Gasteiger charge is -2.20. The van der Waals surface area contributed by atoms with Crippen molar-refractivity contribution in [1.82, 2.24) is 9.62 Å². The molecule has 27 heavy (non-hydrogen) atoms. The minimum absolute atomic E-state index is 0.0962. The number of sulfonamides is 1. The van der Waals surface area contributed by atoms with Crippen molar-refractivity contribution in [2.75, 3.05) is 18.9 Å². The van der Waals surface area contributed by atoms with Crippen molar-refractivity contribution in [1.29, 1.82) is 0 Å². The van der Waals surface area contributed by atoms with Gasteiger partial charge < -0.3 is 5.32 Å². The van der Waals surface area contributed by atoms with Crippen LogP contribution in [0.15, 0.2) is 29.7 Å². The Balaban J connectivity index is 2.14. The third-order valence-electron chi connectivity index (χ3n) is 4.90. The van der Waals surface area contributed by atoms with Crippen molar-refractivity contribution in [3.05, 3.63) is 40.8 Å². The Morgan fingerprint density at radius 2 is 1.78 bits per heavy atom. The van der Waals surface area contributed by atoms with Gasteiger partial charge in [0.05, 0.1) is 0 Å². The van der Waals surface area contributed by atoms with Crippen LogP contribution < -0.4 is 10.0 Å². The first-order valence-corrected chi connectivity index (χ1v) is 11.0. The lowest BCUT2D eigenvalue weighted by molar-refractivity contribution is 0.256. The molecule has 1 saturated heterocycles. The van der Waals surface area contributed by atoms with E-state index in [1.807, 2.05) is 52.9 Å². The number of nitrogens with one attached hydrogen (secondary N) is 2. The standard InChI is InChI=1S/C20H31N3O3S/c1-14(2)17-9-6-10-18(15(3)4)19(17)21-20(24)22-27(25,26)13-11-16-8-7-12-23(16)5/h6,9-11,13-16H,7-8,12H2,1-5H3,(H2,21,22,24)/b13-11+. The minimum Gasteiger partial charge on any atom is -0.307 e. The van der Waals surface area contributed by atoms with Gasteiger partial charge in [-0.15, -0.1) is 0 Å². The number of likely N-dealkylation sites (N-methyl/N-ethyl adjacent to an activating group) is 1. The van der Waals surface area contributed by atoms with Gasteiger partial charge in [-0.1, -0.05) is 52.0 Å². The summed E-state index contributed by atoms with van der Waals surface area (Å²) in [6, 6.07) is 5.23. The summed E-state index contributed by atoms with van der Waals surface area (Å²) >= 11 is 0. The van der Waals surface area contributed by atoms with Crippen LogP contribution in [0.1, 0.15) is 63.5 Å². The summed E-state index contributed by atoms with van der Waals surface area (Å²) in [6.45, 7) is 9.12. The zero-order valence-corrected chi connectivity index (χ0v) is 17.6. The van der Waals surface area contributed by atoms with Gasteiger partial charge in [-0.3, -0.25) is 4.90 Å². The van der Waals surface area contributed by atoms with Crippen LogP contribution in [0.5, 0.6) is 0 Å². The summed E-state index contributed by atoms with van der Waals surface area (Å²) in [5.74, 6) is 0.404. The predicted molar refractivity (Wildman–Crippen MR) is 110 cm³/mol. The van der Waals surface area contributed by atoms with Gasteiger partial charge in [-0.2, -0.15) is 0 Å². The van der Waals surface area contributed by atoms with Crippen molar-refractivity contribution in [3.63, 3.8) is 0 Å². The molecule has 2 N–H and O–H groups in total. The molecule has 2 amide bonds. The number of benzene rings is 1. The Morgan fingerprint density at radius 1 is 1.19 bits per heavy atom. The first-order valence-electron chi connectivity index (χ1n) is 9.45. The highest BCUT2D eigenvalue weighted by molar-refractivity contribution is 7.92. The van der Waals surface area contributed by atoms with Crippen molar-refractivity contribution < 1.29 is 13.2 Å². The maximum absolute atomic E-state index is 12.4. The van der Waals surface area contributed by atoms with Crippen molar-refractivity contribution in [2.45, 2.75) is 58.4 Å². The second-order valence-electron chi connectivity index (χ2n) is 7.74. The van der Waals surface area contributed by atoms with Gasteiger partial charge in [-0.25, -0.2) is 17.9 Å². The zero-order chi connectivity index (χ0) is 20.2. The molecule has 1 aromatic carbocycles. The number of carbonyl (C=O) groups is 1. The van der Waals surface area contributed by atoms with E-state index < -0.39 is 16.1 Å². The zero-order valence-electron chi connectivity index (χ0n) is 16.8. The van der Waals surface area contributed by atoms with Crippen LogP contribution in [0, 0.1) is 0 Å². The maximum Gasteiger partial charge on any atom is 0.333 e. The monoisotopic (exact) mass is 393 g/mol. The number of hydrogen-bond acceptors (Lipinski definition) is 4. The van der Waals surface area contributed by atoms with Crippen LogP contribution in [-0.4, -0.2) is 39.0 Å². The maximum atomic E-state index is 12.4. The molecule has 1 aliphatic rings. The lowest BCUT2D eigenvalue weighted by atomic mass is 9.93. The SMILES string of the molecule is CC(C)c1cccc(C(C)C)c1NC(=O)NS(=O)(=O)/C=C/C1CCCN1C. The third-order valence-corrected chi connectivity index (χ3v) is 5.89. The number of urea groups is 1. The van der Waals surface area contributed by atoms with Crippen LogP contribution in [0.4, 0.5) is 10.5 Å². The van der Waals surface area contributed by atoms with Gasteiger partial charge in [0, 0.05) is 17.1 Å². The molecule has 0 saturated carbocycles. The van der Waals surface area contributed by atoms with E-state index in [0.29, 0.717) is 5.69 Å². The highest BCUT2D eigenvalue weighted by Crippen LogP contribution is 2.32. The number of anilines is 1. The number of amides is 2. The quantitative estimate of drug-likeness (QED) is 0.766. The Morgan fingerprint density at radius 3 is 2.26 bits per heavy atom. The van der Waals surface area contributed by atoms with Gasteiger partial charge in [0.25, 0.3) is 10.0 Å². The van der Waals surface area contributed by atoms with E-state index in [9.17, 15) is 13.2 Å². The Hall–Kier alpha value is -1.86. The molecule has 0 spiro atoms.